The van der Waals surface area contributed by atoms with Crippen LogP contribution in [0, 0.1) is 5.82 Å². The van der Waals surface area contributed by atoms with E-state index in [4.69, 9.17) is 17.3 Å². The molecule has 0 aliphatic carbocycles. The van der Waals surface area contributed by atoms with Crippen molar-refractivity contribution in [3.63, 3.8) is 0 Å². The maximum atomic E-state index is 13.1. The minimum Gasteiger partial charge on any atom is -0.384 e. The number of piperazine rings is 1. The zero-order chi connectivity index (χ0) is 19.4. The molecule has 3 N–H and O–H groups in total. The average Bonchev–Trinajstić information content (AvgIpc) is 2.67. The van der Waals surface area contributed by atoms with Gasteiger partial charge >= 0.3 is 0 Å². The Morgan fingerprint density at radius 1 is 1.11 bits per heavy atom. The van der Waals surface area contributed by atoms with Gasteiger partial charge in [0.15, 0.2) is 5.96 Å². The number of anilines is 1. The summed E-state index contributed by atoms with van der Waals surface area (Å²) >= 11 is 5.94. The van der Waals surface area contributed by atoms with E-state index in [1.807, 2.05) is 29.2 Å². The number of nitrogens with two attached hydrogens (primary N) is 1. The predicted octanol–water partition coefficient (Wildman–Crippen LogP) is 2.82. The molecule has 0 radical (unpaired) electrons. The van der Waals surface area contributed by atoms with Gasteiger partial charge in [0, 0.05) is 36.9 Å². The fourth-order valence-corrected chi connectivity index (χ4v) is 3.21. The summed E-state index contributed by atoms with van der Waals surface area (Å²) in [5.41, 5.74) is 6.66. The summed E-state index contributed by atoms with van der Waals surface area (Å²) in [7, 11) is 0. The number of rotatable bonds is 4. The number of hydrogen-bond acceptors (Lipinski definition) is 3. The van der Waals surface area contributed by atoms with Crippen LogP contribution in [0.4, 0.5) is 10.1 Å². The number of guanidine groups is 1. The van der Waals surface area contributed by atoms with Crippen LogP contribution in [-0.4, -0.2) is 48.7 Å². The first-order valence-corrected chi connectivity index (χ1v) is 9.27. The van der Waals surface area contributed by atoms with Gasteiger partial charge < -0.3 is 20.6 Å². The second-order valence-corrected chi connectivity index (χ2v) is 7.34. The molecule has 1 aliphatic heterocycles. The smallest absolute Gasteiger partial charge is 0.191 e. The van der Waals surface area contributed by atoms with Crippen LogP contribution in [0.1, 0.15) is 12.5 Å². The summed E-state index contributed by atoms with van der Waals surface area (Å²) in [5, 5.41) is 11.3. The zero-order valence-electron chi connectivity index (χ0n) is 15.3. The normalized spacial score (nSPS) is 17.7. The molecule has 0 spiro atoms. The lowest BCUT2D eigenvalue weighted by molar-refractivity contribution is 0.0669. The molecule has 5 nitrogen and oxygen atoms in total. The molecule has 1 saturated heterocycles. The topological polar surface area (TPSA) is 65.1 Å². The quantitative estimate of drug-likeness (QED) is 0.622. The molecule has 144 valence electrons. The number of benzene rings is 2. The summed E-state index contributed by atoms with van der Waals surface area (Å²) in [6.07, 6.45) is 0. The Kier molecular flexibility index (Phi) is 5.87. The van der Waals surface area contributed by atoms with E-state index in [0.717, 1.165) is 36.9 Å². The largest absolute Gasteiger partial charge is 0.384 e. The third-order valence-electron chi connectivity index (χ3n) is 4.81. The van der Waals surface area contributed by atoms with Crippen molar-refractivity contribution < 1.29 is 9.50 Å². The van der Waals surface area contributed by atoms with Crippen molar-refractivity contribution in [2.45, 2.75) is 12.5 Å². The van der Waals surface area contributed by atoms with Crippen molar-refractivity contribution in [1.29, 1.82) is 0 Å². The Balaban J connectivity index is 1.57. The van der Waals surface area contributed by atoms with Crippen LogP contribution < -0.4 is 10.6 Å². The Morgan fingerprint density at radius 3 is 2.30 bits per heavy atom. The van der Waals surface area contributed by atoms with Crippen LogP contribution in [0.2, 0.25) is 5.02 Å². The molecule has 7 heteroatoms. The van der Waals surface area contributed by atoms with Crippen LogP contribution in [0.5, 0.6) is 0 Å². The lowest BCUT2D eigenvalue weighted by atomic mass is 9.96. The second kappa shape index (κ2) is 8.15. The van der Waals surface area contributed by atoms with Gasteiger partial charge in [-0.3, -0.25) is 0 Å². The molecule has 0 saturated carbocycles. The van der Waals surface area contributed by atoms with Crippen LogP contribution >= 0.6 is 11.6 Å². The Bertz CT molecular complexity index is 785. The van der Waals surface area contributed by atoms with Gasteiger partial charge in [0.2, 0.25) is 0 Å². The van der Waals surface area contributed by atoms with Gasteiger partial charge in [-0.2, -0.15) is 0 Å². The van der Waals surface area contributed by atoms with Gasteiger partial charge in [-0.25, -0.2) is 9.38 Å². The first-order valence-electron chi connectivity index (χ1n) is 8.89. The molecule has 3 rings (SSSR count). The first-order chi connectivity index (χ1) is 12.8. The maximum Gasteiger partial charge on any atom is 0.191 e. The van der Waals surface area contributed by atoms with E-state index in [1.54, 1.807) is 19.1 Å². The summed E-state index contributed by atoms with van der Waals surface area (Å²) < 4.78 is 13.1. The highest BCUT2D eigenvalue weighted by Crippen LogP contribution is 2.22. The van der Waals surface area contributed by atoms with Gasteiger partial charge in [-0.1, -0.05) is 23.7 Å². The second-order valence-electron chi connectivity index (χ2n) is 6.91. The van der Waals surface area contributed by atoms with Gasteiger partial charge in [0.05, 0.1) is 6.54 Å². The molecular weight excluding hydrogens is 367 g/mol. The Labute approximate surface area is 163 Å². The van der Waals surface area contributed by atoms with Crippen molar-refractivity contribution in [3.05, 3.63) is 64.9 Å². The fourth-order valence-electron chi connectivity index (χ4n) is 3.08. The molecular formula is C20H24ClFN4O. The van der Waals surface area contributed by atoms with E-state index in [0.29, 0.717) is 11.5 Å². The fraction of sp³-hybridized carbons (Fsp3) is 0.350. The molecule has 0 amide bonds. The van der Waals surface area contributed by atoms with Crippen molar-refractivity contribution in [1.82, 2.24) is 4.90 Å². The van der Waals surface area contributed by atoms with E-state index >= 15 is 0 Å². The van der Waals surface area contributed by atoms with Crippen molar-refractivity contribution in [2.75, 3.05) is 37.6 Å². The Hall–Kier alpha value is -2.31. The molecule has 1 unspecified atom stereocenters. The standard InChI is InChI=1S/C20H24ClFN4O/c1-20(27,15-2-6-17(22)7-3-15)14-24-19(23)26-12-10-25(11-13-26)18-8-4-16(21)5-9-18/h2-9,27H,10-14H2,1H3,(H2,23,24). The minimum absolute atomic E-state index is 0.113. The molecule has 1 atom stereocenters. The average molecular weight is 391 g/mol. The van der Waals surface area contributed by atoms with Crippen molar-refractivity contribution in [3.8, 4) is 0 Å². The highest BCUT2D eigenvalue weighted by molar-refractivity contribution is 6.30. The van der Waals surface area contributed by atoms with Crippen LogP contribution in [0.3, 0.4) is 0 Å². The summed E-state index contributed by atoms with van der Waals surface area (Å²) in [4.78, 5) is 8.65. The molecule has 27 heavy (non-hydrogen) atoms. The molecule has 2 aromatic rings. The van der Waals surface area contributed by atoms with E-state index < -0.39 is 5.60 Å². The summed E-state index contributed by atoms with van der Waals surface area (Å²) in [5.74, 6) is 0.0734. The predicted molar refractivity (Wildman–Crippen MR) is 108 cm³/mol. The van der Waals surface area contributed by atoms with Crippen molar-refractivity contribution in [2.24, 2.45) is 10.7 Å². The third-order valence-corrected chi connectivity index (χ3v) is 5.06. The van der Waals surface area contributed by atoms with E-state index in [-0.39, 0.29) is 12.4 Å². The monoisotopic (exact) mass is 390 g/mol. The number of aliphatic imine (C=N–C) groups is 1. The zero-order valence-corrected chi connectivity index (χ0v) is 16.0. The van der Waals surface area contributed by atoms with Crippen LogP contribution in [-0.2, 0) is 5.60 Å². The molecule has 1 heterocycles. The molecule has 1 fully saturated rings. The van der Waals surface area contributed by atoms with E-state index in [9.17, 15) is 9.50 Å². The van der Waals surface area contributed by atoms with E-state index in [2.05, 4.69) is 9.89 Å². The Morgan fingerprint density at radius 2 is 1.70 bits per heavy atom. The van der Waals surface area contributed by atoms with Gasteiger partial charge in [-0.05, 0) is 48.9 Å². The third kappa shape index (κ3) is 4.90. The van der Waals surface area contributed by atoms with Crippen molar-refractivity contribution >= 4 is 23.2 Å². The number of nitrogens with zero attached hydrogens (tertiary/aromatic N) is 3. The van der Waals surface area contributed by atoms with Gasteiger partial charge in [0.1, 0.15) is 11.4 Å². The summed E-state index contributed by atoms with van der Waals surface area (Å²) in [6.45, 7) is 4.91. The molecule has 1 aliphatic rings. The molecule has 0 bridgehead atoms. The van der Waals surface area contributed by atoms with Crippen LogP contribution in [0.25, 0.3) is 0 Å². The summed E-state index contributed by atoms with van der Waals surface area (Å²) in [6, 6.07) is 13.6. The maximum absolute atomic E-state index is 13.1. The van der Waals surface area contributed by atoms with E-state index in [1.165, 1.54) is 12.1 Å². The van der Waals surface area contributed by atoms with Crippen LogP contribution in [0.15, 0.2) is 53.5 Å². The minimum atomic E-state index is -1.20. The lowest BCUT2D eigenvalue weighted by Crippen LogP contribution is -2.51. The molecule has 0 aromatic heterocycles. The highest BCUT2D eigenvalue weighted by atomic mass is 35.5. The molecule has 2 aromatic carbocycles. The number of halogens is 2. The SMILES string of the molecule is CC(O)(CN=C(N)N1CCN(c2ccc(Cl)cc2)CC1)c1ccc(F)cc1. The van der Waals surface area contributed by atoms with Gasteiger partial charge in [0.25, 0.3) is 0 Å². The number of aliphatic hydroxyl groups is 1. The van der Waals surface area contributed by atoms with Gasteiger partial charge in [-0.15, -0.1) is 0 Å². The number of hydrogen-bond donors (Lipinski definition) is 2. The highest BCUT2D eigenvalue weighted by Gasteiger charge is 2.24. The lowest BCUT2D eigenvalue weighted by Gasteiger charge is -2.37. The first kappa shape index (κ1) is 19.5.